The van der Waals surface area contributed by atoms with E-state index in [2.05, 4.69) is 66.7 Å². The van der Waals surface area contributed by atoms with Crippen molar-refractivity contribution in [2.75, 3.05) is 11.4 Å². The smallest absolute Gasteiger partial charge is 0.227 e. The molecule has 0 unspecified atom stereocenters. The van der Waals surface area contributed by atoms with Crippen molar-refractivity contribution in [3.05, 3.63) is 94.6 Å². The summed E-state index contributed by atoms with van der Waals surface area (Å²) in [5.41, 5.74) is 9.94. The number of anilines is 1. The van der Waals surface area contributed by atoms with Gasteiger partial charge in [-0.15, -0.1) is 0 Å². The van der Waals surface area contributed by atoms with Crippen LogP contribution in [0.15, 0.2) is 72.3 Å². The van der Waals surface area contributed by atoms with Crippen molar-refractivity contribution >= 4 is 27.9 Å². The Morgan fingerprint density at radius 2 is 1.81 bits per heavy atom. The van der Waals surface area contributed by atoms with Gasteiger partial charge in [-0.05, 0) is 95.7 Å². The summed E-state index contributed by atoms with van der Waals surface area (Å²) in [6.07, 6.45) is 13.1. The van der Waals surface area contributed by atoms with Crippen LogP contribution in [0.4, 0.5) is 5.69 Å². The van der Waals surface area contributed by atoms with Gasteiger partial charge in [0.2, 0.25) is 5.91 Å². The monoisotopic (exact) mass is 419 g/mol. The summed E-state index contributed by atoms with van der Waals surface area (Å²) in [5.74, 6) is 0.258. The zero-order chi connectivity index (χ0) is 21.5. The summed E-state index contributed by atoms with van der Waals surface area (Å²) >= 11 is 0. The average molecular weight is 420 g/mol. The lowest BCUT2D eigenvalue weighted by molar-refractivity contribution is -0.117. The Kier molecular flexibility index (Phi) is 4.94. The molecule has 0 radical (unpaired) electrons. The van der Waals surface area contributed by atoms with Crippen LogP contribution in [-0.4, -0.2) is 12.5 Å². The first-order valence-corrected chi connectivity index (χ1v) is 12.1. The van der Waals surface area contributed by atoms with Gasteiger partial charge in [0.05, 0.1) is 0 Å². The van der Waals surface area contributed by atoms with Crippen molar-refractivity contribution in [1.29, 1.82) is 0 Å². The van der Waals surface area contributed by atoms with E-state index < -0.39 is 0 Å². The van der Waals surface area contributed by atoms with E-state index >= 15 is 0 Å². The van der Waals surface area contributed by atoms with Crippen molar-refractivity contribution in [3.63, 3.8) is 0 Å². The van der Waals surface area contributed by atoms with E-state index in [9.17, 15) is 4.79 Å². The molecule has 32 heavy (non-hydrogen) atoms. The number of rotatable bonds is 4. The second-order valence-electron chi connectivity index (χ2n) is 9.38. The first-order valence-electron chi connectivity index (χ1n) is 12.1. The molecule has 1 aliphatic heterocycles. The van der Waals surface area contributed by atoms with Crippen LogP contribution in [0.25, 0.3) is 16.3 Å². The number of carbonyl (C=O) groups is 1. The van der Waals surface area contributed by atoms with Gasteiger partial charge in [0.1, 0.15) is 0 Å². The zero-order valence-corrected chi connectivity index (χ0v) is 18.6. The Balaban J connectivity index is 1.33. The third kappa shape index (κ3) is 3.39. The Hall–Kier alpha value is -3.13. The van der Waals surface area contributed by atoms with Gasteiger partial charge in [-0.2, -0.15) is 0 Å². The first-order chi connectivity index (χ1) is 15.8. The Bertz CT molecular complexity index is 1280. The molecular weight excluding hydrogens is 390 g/mol. The van der Waals surface area contributed by atoms with Crippen molar-refractivity contribution < 1.29 is 4.79 Å². The maximum Gasteiger partial charge on any atom is 0.227 e. The van der Waals surface area contributed by atoms with Gasteiger partial charge in [0.15, 0.2) is 0 Å². The highest BCUT2D eigenvalue weighted by Crippen LogP contribution is 2.40. The molecule has 0 saturated carbocycles. The number of hydrogen-bond donors (Lipinski definition) is 0. The molecule has 160 valence electrons. The van der Waals surface area contributed by atoms with Crippen LogP contribution in [-0.2, 0) is 24.1 Å². The molecule has 1 amide bonds. The number of aryl methyl sites for hydroxylation is 3. The van der Waals surface area contributed by atoms with Crippen molar-refractivity contribution in [3.8, 4) is 0 Å². The van der Waals surface area contributed by atoms with Gasteiger partial charge in [0, 0.05) is 18.7 Å². The quantitative estimate of drug-likeness (QED) is 0.455. The fourth-order valence-electron chi connectivity index (χ4n) is 5.86. The van der Waals surface area contributed by atoms with Crippen LogP contribution >= 0.6 is 0 Å². The third-order valence-electron chi connectivity index (χ3n) is 7.46. The van der Waals surface area contributed by atoms with E-state index in [0.29, 0.717) is 6.42 Å². The lowest BCUT2D eigenvalue weighted by Gasteiger charge is -2.26. The van der Waals surface area contributed by atoms with Gasteiger partial charge in [0.25, 0.3) is 0 Å². The topological polar surface area (TPSA) is 20.3 Å². The lowest BCUT2D eigenvalue weighted by Crippen LogP contribution is -2.23. The minimum absolute atomic E-state index is 0.258. The Morgan fingerprint density at radius 3 is 2.72 bits per heavy atom. The highest BCUT2D eigenvalue weighted by molar-refractivity contribution is 5.96. The van der Waals surface area contributed by atoms with E-state index in [0.717, 1.165) is 37.9 Å². The second kappa shape index (κ2) is 8.09. The lowest BCUT2D eigenvalue weighted by atomic mass is 9.78. The van der Waals surface area contributed by atoms with E-state index in [1.165, 1.54) is 52.3 Å². The Morgan fingerprint density at radius 1 is 0.875 bits per heavy atom. The molecule has 1 fully saturated rings. The molecule has 6 rings (SSSR count). The highest BCUT2D eigenvalue weighted by atomic mass is 16.2. The summed E-state index contributed by atoms with van der Waals surface area (Å²) in [7, 11) is 0. The minimum Gasteiger partial charge on any atom is -0.312 e. The van der Waals surface area contributed by atoms with Crippen molar-refractivity contribution in [2.24, 2.45) is 0 Å². The fraction of sp³-hybridized carbons (Fsp3) is 0.300. The summed E-state index contributed by atoms with van der Waals surface area (Å²) in [6, 6.07) is 20.0. The molecular formula is C30H29NO. The van der Waals surface area contributed by atoms with E-state index in [1.54, 1.807) is 11.1 Å². The van der Waals surface area contributed by atoms with Crippen LogP contribution in [0.1, 0.15) is 54.4 Å². The van der Waals surface area contributed by atoms with E-state index in [1.807, 2.05) is 4.90 Å². The van der Waals surface area contributed by atoms with Gasteiger partial charge in [-0.25, -0.2) is 0 Å². The predicted molar refractivity (Wildman–Crippen MR) is 133 cm³/mol. The van der Waals surface area contributed by atoms with E-state index in [4.69, 9.17) is 0 Å². The van der Waals surface area contributed by atoms with E-state index in [-0.39, 0.29) is 5.91 Å². The van der Waals surface area contributed by atoms with Gasteiger partial charge < -0.3 is 4.90 Å². The first kappa shape index (κ1) is 19.5. The SMILES string of the molecule is O=C1CCCN1c1cccc(CCc2cccc3ccc4c(c23)CCC2=C4C=CCC2)c1. The second-order valence-corrected chi connectivity index (χ2v) is 9.38. The maximum atomic E-state index is 12.2. The molecule has 0 N–H and O–H groups in total. The van der Waals surface area contributed by atoms with Crippen LogP contribution in [0.2, 0.25) is 0 Å². The number of fused-ring (bicyclic) bond motifs is 4. The molecule has 3 aromatic carbocycles. The zero-order valence-electron chi connectivity index (χ0n) is 18.6. The summed E-state index contributed by atoms with van der Waals surface area (Å²) in [6.45, 7) is 0.851. The van der Waals surface area contributed by atoms with Gasteiger partial charge >= 0.3 is 0 Å². The highest BCUT2D eigenvalue weighted by Gasteiger charge is 2.23. The summed E-state index contributed by atoms with van der Waals surface area (Å²) in [4.78, 5) is 14.1. The molecule has 1 saturated heterocycles. The van der Waals surface area contributed by atoms with Crippen LogP contribution in [0.5, 0.6) is 0 Å². The molecule has 0 spiro atoms. The normalized spacial score (nSPS) is 17.8. The molecule has 3 aliphatic rings. The number of amides is 1. The van der Waals surface area contributed by atoms with Gasteiger partial charge in [-0.1, -0.05) is 60.2 Å². The maximum absolute atomic E-state index is 12.2. The number of nitrogens with zero attached hydrogens (tertiary/aromatic N) is 1. The number of carbonyl (C=O) groups excluding carboxylic acids is 1. The standard InChI is InChI=1S/C30H29NO/c32-29-12-5-19-31(29)25-10-3-6-21(20-25)13-14-23-8-4-9-24-16-17-27-26-11-2-1-7-22(26)15-18-28(27)30(23)24/h2-4,6,8-11,16-17,20H,1,5,7,12-15,18-19H2. The van der Waals surface area contributed by atoms with Crippen LogP contribution in [0, 0.1) is 0 Å². The van der Waals surface area contributed by atoms with Crippen molar-refractivity contribution in [1.82, 2.24) is 0 Å². The number of benzene rings is 3. The number of allylic oxidation sites excluding steroid dienone is 4. The summed E-state index contributed by atoms with van der Waals surface area (Å²) < 4.78 is 0. The van der Waals surface area contributed by atoms with Gasteiger partial charge in [-0.3, -0.25) is 4.79 Å². The molecule has 0 aromatic heterocycles. The molecule has 2 nitrogen and oxygen atoms in total. The van der Waals surface area contributed by atoms with Crippen molar-refractivity contribution in [2.45, 2.75) is 51.4 Å². The largest absolute Gasteiger partial charge is 0.312 e. The number of hydrogen-bond acceptors (Lipinski definition) is 1. The van der Waals surface area contributed by atoms with Crippen LogP contribution in [0.3, 0.4) is 0 Å². The fourth-order valence-corrected chi connectivity index (χ4v) is 5.86. The predicted octanol–water partition coefficient (Wildman–Crippen LogP) is 6.80. The molecule has 2 heteroatoms. The third-order valence-corrected chi connectivity index (χ3v) is 7.46. The molecule has 0 atom stereocenters. The van der Waals surface area contributed by atoms with Crippen LogP contribution < -0.4 is 4.90 Å². The molecule has 2 aliphatic carbocycles. The molecule has 1 heterocycles. The summed E-state index contributed by atoms with van der Waals surface area (Å²) in [5, 5.41) is 2.84. The minimum atomic E-state index is 0.258. The average Bonchev–Trinajstić information content (AvgIpc) is 3.28. The Labute approximate surface area is 190 Å². The molecule has 3 aromatic rings. The molecule has 0 bridgehead atoms.